The molecule has 0 aliphatic heterocycles. The molecule has 23 heavy (non-hydrogen) atoms. The Hall–Kier alpha value is -2.67. The van der Waals surface area contributed by atoms with Crippen molar-refractivity contribution in [2.24, 2.45) is 0 Å². The third-order valence-corrected chi connectivity index (χ3v) is 4.48. The maximum absolute atomic E-state index is 12.2. The molecule has 0 aromatic carbocycles. The average Bonchev–Trinajstić information content (AvgIpc) is 3.23. The second kappa shape index (κ2) is 5.85. The lowest BCUT2D eigenvalue weighted by Crippen LogP contribution is -2.19. The first-order chi connectivity index (χ1) is 11.3. The van der Waals surface area contributed by atoms with Gasteiger partial charge < -0.3 is 5.32 Å². The van der Waals surface area contributed by atoms with Gasteiger partial charge in [-0.25, -0.2) is 4.98 Å². The molecule has 7 heteroatoms. The fourth-order valence-electron chi connectivity index (χ4n) is 2.48. The van der Waals surface area contributed by atoms with E-state index in [1.165, 1.54) is 10.6 Å². The second-order valence-corrected chi connectivity index (χ2v) is 6.21. The number of rotatable bonds is 4. The Kier molecular flexibility index (Phi) is 3.55. The minimum atomic E-state index is -0.157. The maximum atomic E-state index is 12.2. The van der Waals surface area contributed by atoms with Crippen molar-refractivity contribution in [3.63, 3.8) is 0 Å². The van der Waals surface area contributed by atoms with Crippen LogP contribution in [0.2, 0.25) is 0 Å². The molecule has 0 amide bonds. The van der Waals surface area contributed by atoms with Gasteiger partial charge in [0.25, 0.3) is 11.3 Å². The van der Waals surface area contributed by atoms with Crippen LogP contribution in [-0.4, -0.2) is 19.6 Å². The quantitative estimate of drug-likeness (QED) is 0.773. The van der Waals surface area contributed by atoms with E-state index in [2.05, 4.69) is 38.6 Å². The number of hydrogen-bond acceptors (Lipinski definition) is 5. The van der Waals surface area contributed by atoms with E-state index in [-0.39, 0.29) is 5.56 Å². The highest BCUT2D eigenvalue weighted by molar-refractivity contribution is 7.13. The Morgan fingerprint density at radius 1 is 1.35 bits per heavy atom. The highest BCUT2D eigenvalue weighted by Gasteiger charge is 2.10. The summed E-state index contributed by atoms with van der Waals surface area (Å²) in [5.74, 6) is 1.05. The normalized spacial score (nSPS) is 14.2. The van der Waals surface area contributed by atoms with Gasteiger partial charge in [0.15, 0.2) is 5.82 Å². The maximum Gasteiger partial charge on any atom is 0.274 e. The molecule has 0 spiro atoms. The van der Waals surface area contributed by atoms with E-state index in [4.69, 9.17) is 0 Å². The predicted octanol–water partition coefficient (Wildman–Crippen LogP) is 2.47. The zero-order valence-corrected chi connectivity index (χ0v) is 13.1. The van der Waals surface area contributed by atoms with E-state index >= 15 is 0 Å². The van der Waals surface area contributed by atoms with Crippen molar-refractivity contribution in [3.05, 3.63) is 63.6 Å². The number of nitrogens with one attached hydrogen (secondary N) is 2. The van der Waals surface area contributed by atoms with Crippen molar-refractivity contribution in [3.8, 4) is 10.7 Å². The van der Waals surface area contributed by atoms with Crippen molar-refractivity contribution >= 4 is 17.1 Å². The van der Waals surface area contributed by atoms with Gasteiger partial charge in [-0.1, -0.05) is 18.2 Å². The number of thiophene rings is 1. The van der Waals surface area contributed by atoms with Gasteiger partial charge in [0, 0.05) is 11.8 Å². The first-order valence-electron chi connectivity index (χ1n) is 7.43. The molecule has 0 saturated heterocycles. The van der Waals surface area contributed by atoms with Crippen LogP contribution in [0.5, 0.6) is 0 Å². The zero-order valence-electron chi connectivity index (χ0n) is 12.3. The number of H-pyrrole nitrogens is 1. The fourth-order valence-corrected chi connectivity index (χ4v) is 3.14. The van der Waals surface area contributed by atoms with Crippen LogP contribution in [0.3, 0.4) is 0 Å². The van der Waals surface area contributed by atoms with Gasteiger partial charge in [-0.2, -0.15) is 9.50 Å². The lowest BCUT2D eigenvalue weighted by molar-refractivity contribution is 0.776. The molecule has 116 valence electrons. The smallest absolute Gasteiger partial charge is 0.274 e. The van der Waals surface area contributed by atoms with E-state index < -0.39 is 0 Å². The van der Waals surface area contributed by atoms with Gasteiger partial charge in [0.05, 0.1) is 17.1 Å². The van der Waals surface area contributed by atoms with Crippen LogP contribution < -0.4 is 10.9 Å². The summed E-state index contributed by atoms with van der Waals surface area (Å²) in [5, 5.41) is 8.26. The number of fused-ring (bicyclic) bond motifs is 1. The van der Waals surface area contributed by atoms with E-state index in [1.807, 2.05) is 17.5 Å². The fraction of sp³-hybridized carbons (Fsp3) is 0.188. The summed E-state index contributed by atoms with van der Waals surface area (Å²) < 4.78 is 1.37. The number of aromatic amines is 1. The van der Waals surface area contributed by atoms with Gasteiger partial charge in [0.2, 0.25) is 0 Å². The van der Waals surface area contributed by atoms with E-state index in [0.29, 0.717) is 23.8 Å². The first kappa shape index (κ1) is 14.0. The summed E-state index contributed by atoms with van der Waals surface area (Å²) in [4.78, 5) is 22.1. The predicted molar refractivity (Wildman–Crippen MR) is 90.2 cm³/mol. The van der Waals surface area contributed by atoms with Gasteiger partial charge in [-0.15, -0.1) is 11.3 Å². The molecule has 0 fully saturated rings. The molecule has 6 nitrogen and oxygen atoms in total. The topological polar surface area (TPSA) is 75.1 Å². The van der Waals surface area contributed by atoms with Crippen LogP contribution in [0.1, 0.15) is 18.5 Å². The zero-order chi connectivity index (χ0) is 15.6. The Morgan fingerprint density at radius 3 is 3.09 bits per heavy atom. The van der Waals surface area contributed by atoms with Gasteiger partial charge >= 0.3 is 0 Å². The van der Waals surface area contributed by atoms with Crippen molar-refractivity contribution < 1.29 is 0 Å². The molecule has 3 aromatic heterocycles. The third-order valence-electron chi connectivity index (χ3n) is 3.61. The summed E-state index contributed by atoms with van der Waals surface area (Å²) in [7, 11) is 0. The van der Waals surface area contributed by atoms with Crippen LogP contribution in [0.4, 0.5) is 0 Å². The number of allylic oxidation sites excluding steroid dienone is 3. The molecule has 3 heterocycles. The summed E-state index contributed by atoms with van der Waals surface area (Å²) in [6.07, 6.45) is 8.45. The molecular weight excluding hydrogens is 310 g/mol. The van der Waals surface area contributed by atoms with Gasteiger partial charge in [0.1, 0.15) is 0 Å². The molecule has 1 aliphatic rings. The summed E-state index contributed by atoms with van der Waals surface area (Å²) in [6, 6.07) is 5.44. The molecule has 0 atom stereocenters. The Morgan fingerprint density at radius 2 is 2.30 bits per heavy atom. The van der Waals surface area contributed by atoms with Crippen LogP contribution in [-0.2, 0) is 6.54 Å². The molecule has 0 saturated carbocycles. The van der Waals surface area contributed by atoms with Crippen molar-refractivity contribution in [1.29, 1.82) is 0 Å². The molecule has 3 aromatic rings. The highest BCUT2D eigenvalue weighted by atomic mass is 32.1. The standard InChI is InChI=1S/C16H15N5OS/c22-14-9-12(10-17-11-5-2-1-3-6-11)18-16-19-15(20-21(14)16)13-7-4-8-23-13/h2,4-9,17H,1,3,10H2,(H,18,19,20). The number of aromatic nitrogens is 4. The van der Waals surface area contributed by atoms with Crippen LogP contribution in [0.15, 0.2) is 52.3 Å². The van der Waals surface area contributed by atoms with E-state index in [9.17, 15) is 4.79 Å². The average molecular weight is 325 g/mol. The first-order valence-corrected chi connectivity index (χ1v) is 8.31. The van der Waals surface area contributed by atoms with Crippen molar-refractivity contribution in [2.75, 3.05) is 0 Å². The van der Waals surface area contributed by atoms with Crippen molar-refractivity contribution in [2.45, 2.75) is 19.4 Å². The largest absolute Gasteiger partial charge is 0.380 e. The summed E-state index contributed by atoms with van der Waals surface area (Å²) >= 11 is 1.57. The molecule has 0 bridgehead atoms. The number of hydrogen-bond donors (Lipinski definition) is 2. The molecule has 2 N–H and O–H groups in total. The second-order valence-electron chi connectivity index (χ2n) is 5.26. The molecule has 4 rings (SSSR count). The lowest BCUT2D eigenvalue weighted by Gasteiger charge is -2.09. The highest BCUT2D eigenvalue weighted by Crippen LogP contribution is 2.20. The Labute approximate surface area is 136 Å². The molecule has 1 aliphatic carbocycles. The van der Waals surface area contributed by atoms with E-state index in [1.54, 1.807) is 11.3 Å². The minimum Gasteiger partial charge on any atom is -0.380 e. The van der Waals surface area contributed by atoms with Crippen LogP contribution in [0.25, 0.3) is 16.5 Å². The molecule has 0 radical (unpaired) electrons. The van der Waals surface area contributed by atoms with E-state index in [0.717, 1.165) is 23.4 Å². The Balaban J connectivity index is 1.62. The van der Waals surface area contributed by atoms with Crippen LogP contribution in [0, 0.1) is 0 Å². The van der Waals surface area contributed by atoms with Crippen LogP contribution >= 0.6 is 11.3 Å². The number of nitrogens with zero attached hydrogens (tertiary/aromatic N) is 3. The minimum absolute atomic E-state index is 0.157. The molecular formula is C16H15N5OS. The lowest BCUT2D eigenvalue weighted by atomic mass is 10.1. The SMILES string of the molecule is O=c1cc(CNC2=CCCC=C2)nc2nc(-c3cccs3)[nH]n12. The van der Waals surface area contributed by atoms with Gasteiger partial charge in [-0.05, 0) is 30.4 Å². The monoisotopic (exact) mass is 325 g/mol. The van der Waals surface area contributed by atoms with Crippen molar-refractivity contribution in [1.82, 2.24) is 24.9 Å². The third kappa shape index (κ3) is 2.83. The summed E-state index contributed by atoms with van der Waals surface area (Å²) in [5.41, 5.74) is 1.59. The van der Waals surface area contributed by atoms with Gasteiger partial charge in [-0.3, -0.25) is 9.89 Å². The molecule has 0 unspecified atom stereocenters. The summed E-state index contributed by atoms with van der Waals surface area (Å²) in [6.45, 7) is 0.503. The Bertz CT molecular complexity index is 949.